The highest BCUT2D eigenvalue weighted by atomic mass is 32.2. The summed E-state index contributed by atoms with van der Waals surface area (Å²) < 4.78 is 22.7. The largest absolute Gasteiger partial charge is 0.395 e. The first kappa shape index (κ1) is 14.5. The van der Waals surface area contributed by atoms with Crippen molar-refractivity contribution in [2.75, 3.05) is 18.1 Å². The molecule has 106 valence electrons. The SMILES string of the molecule is O=S1(=O)CCC(N[C@H](CO)Cc2ccccc2)CC1. The first-order valence-corrected chi connectivity index (χ1v) is 8.52. The van der Waals surface area contributed by atoms with Crippen LogP contribution < -0.4 is 5.32 Å². The van der Waals surface area contributed by atoms with Gasteiger partial charge in [0.15, 0.2) is 0 Å². The summed E-state index contributed by atoms with van der Waals surface area (Å²) in [4.78, 5) is 0. The van der Waals surface area contributed by atoms with Gasteiger partial charge in [-0.25, -0.2) is 8.42 Å². The van der Waals surface area contributed by atoms with E-state index in [4.69, 9.17) is 0 Å². The fourth-order valence-corrected chi connectivity index (χ4v) is 3.96. The summed E-state index contributed by atoms with van der Waals surface area (Å²) in [6, 6.07) is 10.2. The van der Waals surface area contributed by atoms with E-state index in [2.05, 4.69) is 5.32 Å². The molecule has 0 bridgehead atoms. The lowest BCUT2D eigenvalue weighted by Crippen LogP contribution is -2.45. The van der Waals surface area contributed by atoms with Crippen LogP contribution in [0.2, 0.25) is 0 Å². The molecule has 1 aromatic carbocycles. The van der Waals surface area contributed by atoms with Crippen LogP contribution in [-0.2, 0) is 16.3 Å². The normalized spacial score (nSPS) is 21.1. The molecule has 0 saturated carbocycles. The summed E-state index contributed by atoms with van der Waals surface area (Å²) in [5.41, 5.74) is 1.18. The van der Waals surface area contributed by atoms with Gasteiger partial charge in [-0.2, -0.15) is 0 Å². The molecule has 19 heavy (non-hydrogen) atoms. The van der Waals surface area contributed by atoms with Crippen LogP contribution in [0.5, 0.6) is 0 Å². The third-order valence-corrected chi connectivity index (χ3v) is 5.29. The van der Waals surface area contributed by atoms with Gasteiger partial charge in [-0.3, -0.25) is 0 Å². The minimum Gasteiger partial charge on any atom is -0.395 e. The van der Waals surface area contributed by atoms with Crippen molar-refractivity contribution < 1.29 is 13.5 Å². The van der Waals surface area contributed by atoms with Crippen molar-refractivity contribution in [3.63, 3.8) is 0 Å². The minimum atomic E-state index is -2.82. The van der Waals surface area contributed by atoms with Crippen LogP contribution in [0, 0.1) is 0 Å². The molecule has 2 rings (SSSR count). The fourth-order valence-electron chi connectivity index (χ4n) is 2.46. The Labute approximate surface area is 114 Å². The lowest BCUT2D eigenvalue weighted by Gasteiger charge is -2.27. The molecule has 1 fully saturated rings. The number of hydrogen-bond donors (Lipinski definition) is 2. The van der Waals surface area contributed by atoms with Crippen LogP contribution in [0.4, 0.5) is 0 Å². The van der Waals surface area contributed by atoms with Gasteiger partial charge in [0, 0.05) is 12.1 Å². The lowest BCUT2D eigenvalue weighted by molar-refractivity contribution is 0.227. The standard InChI is InChI=1S/C14H21NO3S/c16-11-14(10-12-4-2-1-3-5-12)15-13-6-8-19(17,18)9-7-13/h1-5,13-16H,6-11H2/t14-/m0/s1. The van der Waals surface area contributed by atoms with Gasteiger partial charge in [-0.1, -0.05) is 30.3 Å². The second-order valence-corrected chi connectivity index (χ2v) is 7.47. The first-order chi connectivity index (χ1) is 9.09. The van der Waals surface area contributed by atoms with E-state index in [0.717, 1.165) is 6.42 Å². The molecule has 0 aromatic heterocycles. The van der Waals surface area contributed by atoms with Crippen molar-refractivity contribution in [3.8, 4) is 0 Å². The summed E-state index contributed by atoms with van der Waals surface area (Å²) in [6.07, 6.45) is 2.06. The predicted octanol–water partition coefficient (Wildman–Crippen LogP) is 0.757. The number of nitrogens with one attached hydrogen (secondary N) is 1. The van der Waals surface area contributed by atoms with Crippen LogP contribution in [0.25, 0.3) is 0 Å². The Bertz CT molecular complexity index is 473. The van der Waals surface area contributed by atoms with Gasteiger partial charge in [0.1, 0.15) is 9.84 Å². The quantitative estimate of drug-likeness (QED) is 0.837. The van der Waals surface area contributed by atoms with Crippen molar-refractivity contribution in [1.82, 2.24) is 5.32 Å². The van der Waals surface area contributed by atoms with Crippen LogP contribution >= 0.6 is 0 Å². The zero-order chi connectivity index (χ0) is 13.7. The number of rotatable bonds is 5. The summed E-state index contributed by atoms with van der Waals surface area (Å²) in [5, 5.41) is 12.8. The summed E-state index contributed by atoms with van der Waals surface area (Å²) in [7, 11) is -2.82. The molecule has 0 amide bonds. The average Bonchev–Trinajstić information content (AvgIpc) is 2.41. The molecule has 0 spiro atoms. The van der Waals surface area contributed by atoms with Crippen molar-refractivity contribution in [2.24, 2.45) is 0 Å². The number of sulfone groups is 1. The van der Waals surface area contributed by atoms with Gasteiger partial charge >= 0.3 is 0 Å². The Morgan fingerprint density at radius 2 is 1.84 bits per heavy atom. The molecule has 2 N–H and O–H groups in total. The van der Waals surface area contributed by atoms with Crippen LogP contribution in [0.3, 0.4) is 0 Å². The van der Waals surface area contributed by atoms with Gasteiger partial charge in [0.2, 0.25) is 0 Å². The zero-order valence-corrected chi connectivity index (χ0v) is 11.8. The monoisotopic (exact) mass is 283 g/mol. The molecule has 1 aliphatic rings. The van der Waals surface area contributed by atoms with Gasteiger partial charge in [-0.05, 0) is 24.8 Å². The molecule has 5 heteroatoms. The second kappa shape index (κ2) is 6.50. The van der Waals surface area contributed by atoms with E-state index in [1.165, 1.54) is 5.56 Å². The topological polar surface area (TPSA) is 66.4 Å². The summed E-state index contributed by atoms with van der Waals surface area (Å²) in [6.45, 7) is 0.0676. The van der Waals surface area contributed by atoms with E-state index in [-0.39, 0.29) is 30.2 Å². The molecule has 1 aromatic rings. The van der Waals surface area contributed by atoms with Crippen molar-refractivity contribution in [3.05, 3.63) is 35.9 Å². The maximum Gasteiger partial charge on any atom is 0.150 e. The van der Waals surface area contributed by atoms with Gasteiger partial charge in [0.25, 0.3) is 0 Å². The highest BCUT2D eigenvalue weighted by Gasteiger charge is 2.25. The van der Waals surface area contributed by atoms with Gasteiger partial charge < -0.3 is 10.4 Å². The maximum absolute atomic E-state index is 11.4. The Balaban J connectivity index is 1.86. The zero-order valence-electron chi connectivity index (χ0n) is 11.0. The molecular weight excluding hydrogens is 262 g/mol. The van der Waals surface area contributed by atoms with E-state index in [9.17, 15) is 13.5 Å². The van der Waals surface area contributed by atoms with Crippen molar-refractivity contribution in [1.29, 1.82) is 0 Å². The van der Waals surface area contributed by atoms with E-state index in [0.29, 0.717) is 12.8 Å². The fraction of sp³-hybridized carbons (Fsp3) is 0.571. The average molecular weight is 283 g/mol. The molecule has 0 aliphatic carbocycles. The van der Waals surface area contributed by atoms with Crippen LogP contribution in [0.15, 0.2) is 30.3 Å². The van der Waals surface area contributed by atoms with Gasteiger partial charge in [0.05, 0.1) is 18.1 Å². The van der Waals surface area contributed by atoms with E-state index < -0.39 is 9.84 Å². The molecular formula is C14H21NO3S. The van der Waals surface area contributed by atoms with Gasteiger partial charge in [-0.15, -0.1) is 0 Å². The highest BCUT2D eigenvalue weighted by molar-refractivity contribution is 7.91. The number of hydrogen-bond acceptors (Lipinski definition) is 4. The van der Waals surface area contributed by atoms with Crippen LogP contribution in [0.1, 0.15) is 18.4 Å². The third kappa shape index (κ3) is 4.60. The van der Waals surface area contributed by atoms with E-state index in [1.54, 1.807) is 0 Å². The maximum atomic E-state index is 11.4. The Morgan fingerprint density at radius 3 is 2.42 bits per heavy atom. The number of benzene rings is 1. The van der Waals surface area contributed by atoms with E-state index >= 15 is 0 Å². The lowest BCUT2D eigenvalue weighted by atomic mass is 10.0. The number of aliphatic hydroxyl groups is 1. The van der Waals surface area contributed by atoms with Crippen LogP contribution in [-0.4, -0.2) is 43.7 Å². The Hall–Kier alpha value is -0.910. The molecule has 1 atom stereocenters. The van der Waals surface area contributed by atoms with Crippen molar-refractivity contribution in [2.45, 2.75) is 31.3 Å². The highest BCUT2D eigenvalue weighted by Crippen LogP contribution is 2.13. The smallest absolute Gasteiger partial charge is 0.150 e. The Kier molecular flexibility index (Phi) is 4.96. The molecule has 0 unspecified atom stereocenters. The molecule has 0 radical (unpaired) electrons. The predicted molar refractivity (Wildman–Crippen MR) is 75.8 cm³/mol. The first-order valence-electron chi connectivity index (χ1n) is 6.70. The minimum absolute atomic E-state index is 0.00629. The summed E-state index contributed by atoms with van der Waals surface area (Å²) in [5.74, 6) is 0.516. The third-order valence-electron chi connectivity index (χ3n) is 3.57. The molecule has 1 heterocycles. The molecule has 4 nitrogen and oxygen atoms in total. The summed E-state index contributed by atoms with van der Waals surface area (Å²) >= 11 is 0. The second-order valence-electron chi connectivity index (χ2n) is 5.16. The molecule has 1 saturated heterocycles. The molecule has 1 aliphatic heterocycles. The van der Waals surface area contributed by atoms with E-state index in [1.807, 2.05) is 30.3 Å². The van der Waals surface area contributed by atoms with Crippen molar-refractivity contribution >= 4 is 9.84 Å². The number of aliphatic hydroxyl groups excluding tert-OH is 1. The Morgan fingerprint density at radius 1 is 1.21 bits per heavy atom.